The minimum atomic E-state index is -0.362. The van der Waals surface area contributed by atoms with Crippen LogP contribution in [0, 0.1) is 0 Å². The number of hydrogen-bond donors (Lipinski definition) is 0. The van der Waals surface area contributed by atoms with Gasteiger partial charge >= 0.3 is 0 Å². The molecule has 0 fully saturated rings. The zero-order chi connectivity index (χ0) is 21.7. The van der Waals surface area contributed by atoms with Gasteiger partial charge in [-0.25, -0.2) is 0 Å². The van der Waals surface area contributed by atoms with Crippen LogP contribution >= 0.6 is 0 Å². The molecule has 2 aliphatic heterocycles. The Morgan fingerprint density at radius 2 is 0.867 bits per heavy atom. The number of carbonyl (C=O) groups is 4. The van der Waals surface area contributed by atoms with Crippen LogP contribution in [-0.2, 0) is 0 Å². The Kier molecular flexibility index (Phi) is 4.96. The maximum absolute atomic E-state index is 13.2. The molecule has 0 radical (unpaired) electrons. The first-order valence-electron chi connectivity index (χ1n) is 10.7. The molecular weight excluding hydrogens is 380 g/mol. The number of hydrogen-bond acceptors (Lipinski definition) is 4. The van der Waals surface area contributed by atoms with Gasteiger partial charge in [-0.05, 0) is 51.0 Å². The lowest BCUT2D eigenvalue weighted by Crippen LogP contribution is -2.48. The molecule has 2 aliphatic rings. The number of carbonyl (C=O) groups excluding carboxylic acids is 4. The van der Waals surface area contributed by atoms with Crippen molar-refractivity contribution in [3.63, 3.8) is 0 Å². The first kappa shape index (κ1) is 20.3. The summed E-state index contributed by atoms with van der Waals surface area (Å²) in [5.41, 5.74) is 1.51. The van der Waals surface area contributed by atoms with Crippen molar-refractivity contribution in [3.05, 3.63) is 46.5 Å². The Labute approximate surface area is 175 Å². The Bertz CT molecular complexity index is 947. The lowest BCUT2D eigenvalue weighted by Gasteiger charge is -2.35. The van der Waals surface area contributed by atoms with Crippen LogP contribution in [0.2, 0.25) is 0 Å². The number of imide groups is 2. The van der Waals surface area contributed by atoms with Crippen molar-refractivity contribution in [2.45, 2.75) is 65.5 Å². The summed E-state index contributed by atoms with van der Waals surface area (Å²) in [6.45, 7) is 7.76. The van der Waals surface area contributed by atoms with E-state index in [2.05, 4.69) is 0 Å². The largest absolute Gasteiger partial charge is 0.272 e. The van der Waals surface area contributed by atoms with Gasteiger partial charge in [0.25, 0.3) is 23.6 Å². The quantitative estimate of drug-likeness (QED) is 0.666. The Balaban J connectivity index is 1.93. The van der Waals surface area contributed by atoms with E-state index in [4.69, 9.17) is 0 Å². The summed E-state index contributed by atoms with van der Waals surface area (Å²) in [6.07, 6.45) is 3.14. The van der Waals surface area contributed by atoms with Crippen LogP contribution in [0.4, 0.5) is 0 Å². The minimum Gasteiger partial charge on any atom is -0.272 e. The molecule has 2 aromatic rings. The van der Waals surface area contributed by atoms with Gasteiger partial charge in [0.1, 0.15) is 0 Å². The number of amides is 4. The highest BCUT2D eigenvalue weighted by Crippen LogP contribution is 2.39. The van der Waals surface area contributed by atoms with Crippen LogP contribution in [0.25, 0.3) is 10.8 Å². The summed E-state index contributed by atoms with van der Waals surface area (Å²) >= 11 is 0. The summed E-state index contributed by atoms with van der Waals surface area (Å²) in [5.74, 6) is -1.45. The van der Waals surface area contributed by atoms with E-state index in [0.717, 1.165) is 12.8 Å². The Morgan fingerprint density at radius 3 is 1.10 bits per heavy atom. The first-order chi connectivity index (χ1) is 14.3. The normalized spacial score (nSPS) is 17.7. The molecule has 30 heavy (non-hydrogen) atoms. The lowest BCUT2D eigenvalue weighted by molar-refractivity contribution is 0.0521. The fraction of sp³-hybridized carbons (Fsp3) is 0.417. The second-order valence-electron chi connectivity index (χ2n) is 8.31. The van der Waals surface area contributed by atoms with Crippen molar-refractivity contribution in [1.29, 1.82) is 0 Å². The molecule has 0 saturated carbocycles. The molecule has 0 N–H and O–H groups in total. The van der Waals surface area contributed by atoms with Gasteiger partial charge in [-0.3, -0.25) is 29.0 Å². The van der Waals surface area contributed by atoms with Crippen LogP contribution < -0.4 is 0 Å². The summed E-state index contributed by atoms with van der Waals surface area (Å²) in [5, 5.41) is 0.869. The second kappa shape index (κ2) is 7.35. The minimum absolute atomic E-state index is 0.223. The van der Waals surface area contributed by atoms with Crippen LogP contribution in [0.1, 0.15) is 94.8 Å². The summed E-state index contributed by atoms with van der Waals surface area (Å²) in [4.78, 5) is 55.4. The van der Waals surface area contributed by atoms with E-state index < -0.39 is 0 Å². The molecule has 2 heterocycles. The number of benzene rings is 2. The summed E-state index contributed by atoms with van der Waals surface area (Å²) in [7, 11) is 0. The van der Waals surface area contributed by atoms with E-state index in [0.29, 0.717) is 45.9 Å². The summed E-state index contributed by atoms with van der Waals surface area (Å²) < 4.78 is 0. The molecule has 0 saturated heterocycles. The molecule has 6 nitrogen and oxygen atoms in total. The van der Waals surface area contributed by atoms with Crippen molar-refractivity contribution in [1.82, 2.24) is 9.80 Å². The maximum Gasteiger partial charge on any atom is 0.261 e. The third-order valence-corrected chi connectivity index (χ3v) is 6.25. The molecule has 6 heteroatoms. The van der Waals surface area contributed by atoms with Gasteiger partial charge in [0.15, 0.2) is 0 Å². The van der Waals surface area contributed by atoms with Crippen molar-refractivity contribution in [3.8, 4) is 0 Å². The van der Waals surface area contributed by atoms with Gasteiger partial charge in [-0.15, -0.1) is 0 Å². The standard InChI is InChI=1S/C24H26N2O4/c1-5-7-13(3)25-21(27)15-9-11-17-20-18(12-10-16(19(15)20)22(25)28)24(30)26(23(17)29)14(4)8-6-2/h9-14H,5-8H2,1-4H3. The SMILES string of the molecule is CCCC(C)N1C(=O)c2ccc3c4c(ccc(c24)C1=O)C(=O)N(C(C)CCC)C3=O. The van der Waals surface area contributed by atoms with Crippen LogP contribution in [0.3, 0.4) is 0 Å². The van der Waals surface area contributed by atoms with E-state index in [9.17, 15) is 19.2 Å². The van der Waals surface area contributed by atoms with Crippen molar-refractivity contribution in [2.24, 2.45) is 0 Å². The highest BCUT2D eigenvalue weighted by molar-refractivity contribution is 6.33. The van der Waals surface area contributed by atoms with Crippen LogP contribution in [-0.4, -0.2) is 45.5 Å². The van der Waals surface area contributed by atoms with E-state index >= 15 is 0 Å². The topological polar surface area (TPSA) is 74.8 Å². The third-order valence-electron chi connectivity index (χ3n) is 6.25. The molecule has 0 aromatic heterocycles. The first-order valence-corrected chi connectivity index (χ1v) is 10.7. The van der Waals surface area contributed by atoms with E-state index in [-0.39, 0.29) is 35.7 Å². The van der Waals surface area contributed by atoms with E-state index in [1.165, 1.54) is 9.80 Å². The summed E-state index contributed by atoms with van der Waals surface area (Å²) in [6, 6.07) is 6.06. The molecule has 4 rings (SSSR count). The fourth-order valence-corrected chi connectivity index (χ4v) is 4.81. The van der Waals surface area contributed by atoms with Crippen molar-refractivity contribution >= 4 is 34.4 Å². The molecule has 2 unspecified atom stereocenters. The average molecular weight is 406 g/mol. The van der Waals surface area contributed by atoms with Gasteiger partial charge in [-0.2, -0.15) is 0 Å². The van der Waals surface area contributed by atoms with E-state index in [1.807, 2.05) is 27.7 Å². The smallest absolute Gasteiger partial charge is 0.261 e. The monoisotopic (exact) mass is 406 g/mol. The van der Waals surface area contributed by atoms with Crippen molar-refractivity contribution < 1.29 is 19.2 Å². The van der Waals surface area contributed by atoms with Gasteiger partial charge < -0.3 is 0 Å². The molecule has 2 aromatic carbocycles. The van der Waals surface area contributed by atoms with Gasteiger partial charge in [-0.1, -0.05) is 26.7 Å². The molecular formula is C24H26N2O4. The predicted octanol–water partition coefficient (Wildman–Crippen LogP) is 4.41. The maximum atomic E-state index is 13.2. The van der Waals surface area contributed by atoms with Gasteiger partial charge in [0, 0.05) is 45.1 Å². The zero-order valence-electron chi connectivity index (χ0n) is 17.8. The molecule has 156 valence electrons. The molecule has 0 aliphatic carbocycles. The Hall–Kier alpha value is -3.02. The number of rotatable bonds is 6. The van der Waals surface area contributed by atoms with Crippen molar-refractivity contribution in [2.75, 3.05) is 0 Å². The molecule has 2 atom stereocenters. The molecule has 0 bridgehead atoms. The Morgan fingerprint density at radius 1 is 0.600 bits per heavy atom. The molecule has 4 amide bonds. The van der Waals surface area contributed by atoms with Gasteiger partial charge in [0.2, 0.25) is 0 Å². The lowest BCUT2D eigenvalue weighted by atomic mass is 9.85. The highest BCUT2D eigenvalue weighted by atomic mass is 16.2. The zero-order valence-corrected chi connectivity index (χ0v) is 17.8. The molecule has 0 spiro atoms. The van der Waals surface area contributed by atoms with Crippen LogP contribution in [0.15, 0.2) is 24.3 Å². The highest BCUT2D eigenvalue weighted by Gasteiger charge is 2.41. The van der Waals surface area contributed by atoms with E-state index in [1.54, 1.807) is 24.3 Å². The third kappa shape index (κ3) is 2.70. The van der Waals surface area contributed by atoms with Crippen LogP contribution in [0.5, 0.6) is 0 Å². The van der Waals surface area contributed by atoms with Gasteiger partial charge in [0.05, 0.1) is 0 Å². The average Bonchev–Trinajstić information content (AvgIpc) is 2.71. The number of nitrogens with zero attached hydrogens (tertiary/aromatic N) is 2. The predicted molar refractivity (Wildman–Crippen MR) is 114 cm³/mol. The second-order valence-corrected chi connectivity index (χ2v) is 8.31. The fourth-order valence-electron chi connectivity index (χ4n) is 4.81.